The van der Waals surface area contributed by atoms with Gasteiger partial charge in [-0.05, 0) is 18.9 Å². The Hall–Kier alpha value is -2.28. The van der Waals surface area contributed by atoms with Crippen LogP contribution in [-0.4, -0.2) is 62.9 Å². The number of aryl methyl sites for hydroxylation is 1. The van der Waals surface area contributed by atoms with Gasteiger partial charge in [-0.3, -0.25) is 19.5 Å². The van der Waals surface area contributed by atoms with E-state index in [2.05, 4.69) is 19.9 Å². The minimum absolute atomic E-state index is 0.151. The molecule has 1 N–H and O–H groups in total. The predicted octanol–water partition coefficient (Wildman–Crippen LogP) is 2.90. The van der Waals surface area contributed by atoms with Gasteiger partial charge in [0.05, 0.1) is 17.1 Å². The molecular weight excluding hydrogens is 378 g/mol. The van der Waals surface area contributed by atoms with Crippen LogP contribution in [0.4, 0.5) is 0 Å². The van der Waals surface area contributed by atoms with Gasteiger partial charge in [0.2, 0.25) is 5.91 Å². The van der Waals surface area contributed by atoms with Crippen molar-refractivity contribution in [1.29, 1.82) is 0 Å². The SMILES string of the molecule is O=C(CCc1nc2cnccc2c(=O)[nH]1)N1CCN(C2CCCCCCCC2)CC1. The first-order chi connectivity index (χ1) is 14.7. The summed E-state index contributed by atoms with van der Waals surface area (Å²) in [6, 6.07) is 2.36. The lowest BCUT2D eigenvalue weighted by molar-refractivity contribution is -0.133. The second-order valence-electron chi connectivity index (χ2n) is 8.67. The number of nitrogens with one attached hydrogen (secondary N) is 1. The highest BCUT2D eigenvalue weighted by atomic mass is 16.2. The largest absolute Gasteiger partial charge is 0.340 e. The number of aromatic nitrogens is 3. The lowest BCUT2D eigenvalue weighted by Gasteiger charge is -2.39. The average Bonchev–Trinajstić information content (AvgIpc) is 2.92. The topological polar surface area (TPSA) is 82.2 Å². The van der Waals surface area contributed by atoms with Crippen molar-refractivity contribution in [3.8, 4) is 0 Å². The fraction of sp³-hybridized carbons (Fsp3) is 0.652. The molecule has 0 radical (unpaired) electrons. The number of fused-ring (bicyclic) bond motifs is 1. The number of hydrogen-bond acceptors (Lipinski definition) is 5. The van der Waals surface area contributed by atoms with Crippen molar-refractivity contribution in [3.05, 3.63) is 34.6 Å². The number of H-pyrrole nitrogens is 1. The zero-order chi connectivity index (χ0) is 20.8. The van der Waals surface area contributed by atoms with E-state index >= 15 is 0 Å². The van der Waals surface area contributed by atoms with Gasteiger partial charge in [-0.25, -0.2) is 4.98 Å². The molecule has 1 saturated carbocycles. The van der Waals surface area contributed by atoms with Crippen LogP contribution in [0.1, 0.15) is 63.6 Å². The number of carbonyl (C=O) groups is 1. The lowest BCUT2D eigenvalue weighted by atomic mass is 10.0. The van der Waals surface area contributed by atoms with Gasteiger partial charge in [-0.15, -0.1) is 0 Å². The highest BCUT2D eigenvalue weighted by Gasteiger charge is 2.26. The van der Waals surface area contributed by atoms with E-state index in [0.717, 1.165) is 26.2 Å². The van der Waals surface area contributed by atoms with Gasteiger partial charge in [-0.2, -0.15) is 0 Å². The molecule has 0 atom stereocenters. The Balaban J connectivity index is 1.28. The van der Waals surface area contributed by atoms with Gasteiger partial charge >= 0.3 is 0 Å². The molecule has 2 aliphatic rings. The molecule has 1 saturated heterocycles. The van der Waals surface area contributed by atoms with E-state index in [9.17, 15) is 9.59 Å². The molecule has 7 heteroatoms. The van der Waals surface area contributed by atoms with Gasteiger partial charge in [0.15, 0.2) is 0 Å². The van der Waals surface area contributed by atoms with Crippen LogP contribution in [0.5, 0.6) is 0 Å². The highest BCUT2D eigenvalue weighted by Crippen LogP contribution is 2.22. The summed E-state index contributed by atoms with van der Waals surface area (Å²) in [6.07, 6.45) is 14.8. The van der Waals surface area contributed by atoms with Crippen LogP contribution >= 0.6 is 0 Å². The third-order valence-corrected chi connectivity index (χ3v) is 6.64. The number of pyridine rings is 1. The molecule has 0 bridgehead atoms. The zero-order valence-corrected chi connectivity index (χ0v) is 17.8. The molecule has 2 aromatic heterocycles. The molecule has 2 aromatic rings. The summed E-state index contributed by atoms with van der Waals surface area (Å²) in [7, 11) is 0. The number of piperazine rings is 1. The summed E-state index contributed by atoms with van der Waals surface area (Å²) in [5.74, 6) is 0.705. The van der Waals surface area contributed by atoms with Crippen LogP contribution in [-0.2, 0) is 11.2 Å². The van der Waals surface area contributed by atoms with Crippen molar-refractivity contribution < 1.29 is 4.79 Å². The lowest BCUT2D eigenvalue weighted by Crippen LogP contribution is -2.52. The maximum absolute atomic E-state index is 12.7. The Kier molecular flexibility index (Phi) is 7.10. The summed E-state index contributed by atoms with van der Waals surface area (Å²) >= 11 is 0. The smallest absolute Gasteiger partial charge is 0.258 e. The summed E-state index contributed by atoms with van der Waals surface area (Å²) in [5.41, 5.74) is 0.403. The quantitative estimate of drug-likeness (QED) is 0.837. The number of rotatable bonds is 4. The second kappa shape index (κ2) is 10.2. The van der Waals surface area contributed by atoms with Crippen molar-refractivity contribution in [2.24, 2.45) is 0 Å². The van der Waals surface area contributed by atoms with E-state index in [-0.39, 0.29) is 11.5 Å². The Morgan fingerprint density at radius 3 is 2.47 bits per heavy atom. The summed E-state index contributed by atoms with van der Waals surface area (Å²) in [5, 5.41) is 0.529. The molecule has 1 aliphatic heterocycles. The van der Waals surface area contributed by atoms with E-state index in [4.69, 9.17) is 0 Å². The predicted molar refractivity (Wildman–Crippen MR) is 117 cm³/mol. The number of hydrogen-bond donors (Lipinski definition) is 1. The number of aromatic amines is 1. The molecule has 30 heavy (non-hydrogen) atoms. The Bertz CT molecular complexity index is 894. The Morgan fingerprint density at radius 2 is 1.73 bits per heavy atom. The molecular formula is C23H33N5O2. The van der Waals surface area contributed by atoms with E-state index in [1.54, 1.807) is 18.5 Å². The first-order valence-electron chi connectivity index (χ1n) is 11.6. The summed E-state index contributed by atoms with van der Waals surface area (Å²) in [4.78, 5) is 40.8. The van der Waals surface area contributed by atoms with Crippen molar-refractivity contribution in [2.75, 3.05) is 26.2 Å². The maximum atomic E-state index is 12.7. The first kappa shape index (κ1) is 21.0. The number of nitrogens with zero attached hydrogens (tertiary/aromatic N) is 4. The van der Waals surface area contributed by atoms with E-state index in [0.29, 0.717) is 35.6 Å². The Labute approximate surface area is 177 Å². The molecule has 4 rings (SSSR count). The summed E-state index contributed by atoms with van der Waals surface area (Å²) < 4.78 is 0. The second-order valence-corrected chi connectivity index (χ2v) is 8.67. The average molecular weight is 412 g/mol. The van der Waals surface area contributed by atoms with Crippen molar-refractivity contribution in [1.82, 2.24) is 24.8 Å². The third kappa shape index (κ3) is 5.25. The standard InChI is InChI=1S/C23H33N5O2/c29-22(10-9-21-25-20-17-24-12-11-19(20)23(30)26-21)28-15-13-27(14-16-28)18-7-5-3-1-2-4-6-8-18/h11-12,17-18H,1-10,13-16H2,(H,25,26,30). The molecule has 0 unspecified atom stereocenters. The monoisotopic (exact) mass is 411 g/mol. The van der Waals surface area contributed by atoms with Gasteiger partial charge in [0.1, 0.15) is 5.82 Å². The van der Waals surface area contributed by atoms with Gasteiger partial charge in [-0.1, -0.05) is 38.5 Å². The van der Waals surface area contributed by atoms with Crippen molar-refractivity contribution in [2.45, 2.75) is 70.3 Å². The molecule has 7 nitrogen and oxygen atoms in total. The molecule has 162 valence electrons. The molecule has 0 spiro atoms. The maximum Gasteiger partial charge on any atom is 0.258 e. The first-order valence-corrected chi connectivity index (χ1v) is 11.6. The molecule has 1 amide bonds. The third-order valence-electron chi connectivity index (χ3n) is 6.64. The molecule has 3 heterocycles. The van der Waals surface area contributed by atoms with Crippen LogP contribution in [0.15, 0.2) is 23.3 Å². The van der Waals surface area contributed by atoms with Crippen LogP contribution < -0.4 is 5.56 Å². The normalized spacial score (nSPS) is 19.9. The number of amides is 1. The van der Waals surface area contributed by atoms with Crippen LogP contribution in [0.2, 0.25) is 0 Å². The van der Waals surface area contributed by atoms with Crippen molar-refractivity contribution in [3.63, 3.8) is 0 Å². The van der Waals surface area contributed by atoms with E-state index in [1.807, 2.05) is 4.90 Å². The zero-order valence-electron chi connectivity index (χ0n) is 17.8. The minimum Gasteiger partial charge on any atom is -0.340 e. The fourth-order valence-electron chi connectivity index (χ4n) is 4.85. The van der Waals surface area contributed by atoms with E-state index in [1.165, 1.54) is 51.4 Å². The summed E-state index contributed by atoms with van der Waals surface area (Å²) in [6.45, 7) is 3.57. The van der Waals surface area contributed by atoms with Gasteiger partial charge in [0.25, 0.3) is 5.56 Å². The molecule has 2 fully saturated rings. The molecule has 1 aliphatic carbocycles. The van der Waals surface area contributed by atoms with Crippen LogP contribution in [0, 0.1) is 0 Å². The van der Waals surface area contributed by atoms with Gasteiger partial charge < -0.3 is 9.88 Å². The van der Waals surface area contributed by atoms with Gasteiger partial charge in [0, 0.05) is 51.3 Å². The highest BCUT2D eigenvalue weighted by molar-refractivity contribution is 5.77. The number of carbonyl (C=O) groups excluding carboxylic acids is 1. The van der Waals surface area contributed by atoms with Crippen molar-refractivity contribution >= 4 is 16.8 Å². The molecule has 0 aromatic carbocycles. The fourth-order valence-corrected chi connectivity index (χ4v) is 4.85. The van der Waals surface area contributed by atoms with E-state index < -0.39 is 0 Å². The Morgan fingerprint density at radius 1 is 1.03 bits per heavy atom. The van der Waals surface area contributed by atoms with Crippen LogP contribution in [0.3, 0.4) is 0 Å². The minimum atomic E-state index is -0.173. The van der Waals surface area contributed by atoms with Crippen LogP contribution in [0.25, 0.3) is 10.9 Å².